The summed E-state index contributed by atoms with van der Waals surface area (Å²) in [6, 6.07) is 9.97. The maximum atomic E-state index is 5.50. The van der Waals surface area contributed by atoms with Crippen LogP contribution in [0.4, 0.5) is 5.13 Å². The van der Waals surface area contributed by atoms with Gasteiger partial charge in [0.2, 0.25) is 0 Å². The molecule has 102 valence electrons. The van der Waals surface area contributed by atoms with Crippen LogP contribution in [0.2, 0.25) is 0 Å². The average molecular weight is 285 g/mol. The molecule has 0 aliphatic heterocycles. The van der Waals surface area contributed by atoms with E-state index in [2.05, 4.69) is 15.3 Å². The number of thiazole rings is 1. The summed E-state index contributed by atoms with van der Waals surface area (Å²) in [5.41, 5.74) is 2.19. The zero-order valence-corrected chi connectivity index (χ0v) is 12.0. The highest BCUT2D eigenvalue weighted by molar-refractivity contribution is 7.22. The molecule has 0 saturated carbocycles. The number of hydrogen-bond donors (Lipinski definition) is 1. The molecule has 0 saturated heterocycles. The Labute approximate surface area is 121 Å². The van der Waals surface area contributed by atoms with Gasteiger partial charge in [-0.15, -0.1) is 0 Å². The lowest BCUT2D eigenvalue weighted by molar-refractivity contribution is 0.341. The van der Waals surface area contributed by atoms with Gasteiger partial charge >= 0.3 is 0 Å². The number of nitrogens with one attached hydrogen (secondary N) is 1. The predicted octanol–water partition coefficient (Wildman–Crippen LogP) is 3.70. The molecular formula is C15H15N3OS. The molecule has 0 spiro atoms. The molecule has 5 heteroatoms. The van der Waals surface area contributed by atoms with Crippen molar-refractivity contribution in [1.29, 1.82) is 0 Å². The predicted molar refractivity (Wildman–Crippen MR) is 82.4 cm³/mol. The van der Waals surface area contributed by atoms with Gasteiger partial charge in [0.1, 0.15) is 5.75 Å². The number of aromatic nitrogens is 2. The Morgan fingerprint density at radius 1 is 1.20 bits per heavy atom. The van der Waals surface area contributed by atoms with Crippen molar-refractivity contribution in [2.24, 2.45) is 0 Å². The van der Waals surface area contributed by atoms with Gasteiger partial charge in [0.05, 0.1) is 16.8 Å². The van der Waals surface area contributed by atoms with Gasteiger partial charge in [-0.25, -0.2) is 4.98 Å². The minimum Gasteiger partial charge on any atom is -0.494 e. The van der Waals surface area contributed by atoms with Crippen LogP contribution in [0.25, 0.3) is 10.2 Å². The minimum atomic E-state index is 0.678. The highest BCUT2D eigenvalue weighted by Gasteiger charge is 2.05. The first-order chi connectivity index (χ1) is 9.85. The first-order valence-electron chi connectivity index (χ1n) is 6.51. The number of rotatable bonds is 5. The Bertz CT molecular complexity index is 697. The summed E-state index contributed by atoms with van der Waals surface area (Å²) < 4.78 is 6.64. The second-order valence-corrected chi connectivity index (χ2v) is 5.32. The lowest BCUT2D eigenvalue weighted by atomic mass is 10.3. The summed E-state index contributed by atoms with van der Waals surface area (Å²) in [4.78, 5) is 8.57. The van der Waals surface area contributed by atoms with E-state index in [1.54, 1.807) is 23.7 Å². The molecule has 0 radical (unpaired) electrons. The van der Waals surface area contributed by atoms with E-state index in [1.807, 2.05) is 37.3 Å². The third kappa shape index (κ3) is 2.88. The third-order valence-electron chi connectivity index (χ3n) is 2.86. The van der Waals surface area contributed by atoms with E-state index < -0.39 is 0 Å². The van der Waals surface area contributed by atoms with Crippen LogP contribution < -0.4 is 10.1 Å². The van der Waals surface area contributed by atoms with Gasteiger partial charge in [-0.1, -0.05) is 11.3 Å². The van der Waals surface area contributed by atoms with Crippen molar-refractivity contribution in [1.82, 2.24) is 9.97 Å². The summed E-state index contributed by atoms with van der Waals surface area (Å²) in [6.45, 7) is 3.41. The molecule has 1 N–H and O–H groups in total. The number of ether oxygens (including phenoxy) is 1. The van der Waals surface area contributed by atoms with Gasteiger partial charge in [-0.05, 0) is 42.8 Å². The van der Waals surface area contributed by atoms with Gasteiger partial charge < -0.3 is 10.1 Å². The van der Waals surface area contributed by atoms with Crippen molar-refractivity contribution < 1.29 is 4.74 Å². The van der Waals surface area contributed by atoms with Crippen LogP contribution >= 0.6 is 11.3 Å². The normalized spacial score (nSPS) is 10.7. The zero-order chi connectivity index (χ0) is 13.8. The molecule has 4 nitrogen and oxygen atoms in total. The molecule has 0 atom stereocenters. The second kappa shape index (κ2) is 5.88. The molecule has 0 bridgehead atoms. The molecule has 2 aromatic heterocycles. The number of hydrogen-bond acceptors (Lipinski definition) is 5. The Morgan fingerprint density at radius 3 is 2.85 bits per heavy atom. The second-order valence-electron chi connectivity index (χ2n) is 4.29. The molecule has 3 rings (SSSR count). The van der Waals surface area contributed by atoms with Crippen LogP contribution in [0.5, 0.6) is 5.75 Å². The van der Waals surface area contributed by atoms with Crippen LogP contribution in [0.15, 0.2) is 42.7 Å². The Hall–Kier alpha value is -2.14. The number of fused-ring (bicyclic) bond motifs is 1. The van der Waals surface area contributed by atoms with Crippen LogP contribution in [0.3, 0.4) is 0 Å². The first kappa shape index (κ1) is 12.9. The van der Waals surface area contributed by atoms with E-state index >= 15 is 0 Å². The standard InChI is InChI=1S/C15H15N3OS/c1-2-19-12-3-4-13-14(9-12)20-15(18-13)17-10-11-5-7-16-8-6-11/h3-9H,2,10H2,1H3,(H,17,18). The molecule has 0 unspecified atom stereocenters. The van der Waals surface area contributed by atoms with E-state index in [-0.39, 0.29) is 0 Å². The lowest BCUT2D eigenvalue weighted by Crippen LogP contribution is -1.98. The van der Waals surface area contributed by atoms with Gasteiger partial charge in [0.25, 0.3) is 0 Å². The molecule has 1 aromatic carbocycles. The monoisotopic (exact) mass is 285 g/mol. The van der Waals surface area contributed by atoms with Gasteiger partial charge in [-0.2, -0.15) is 0 Å². The topological polar surface area (TPSA) is 47.0 Å². The van der Waals surface area contributed by atoms with E-state index in [0.717, 1.165) is 27.6 Å². The SMILES string of the molecule is CCOc1ccc2nc(NCc3ccncc3)sc2c1. The fraction of sp³-hybridized carbons (Fsp3) is 0.200. The lowest BCUT2D eigenvalue weighted by Gasteiger charge is -2.01. The van der Waals surface area contributed by atoms with Crippen molar-refractivity contribution in [2.75, 3.05) is 11.9 Å². The fourth-order valence-electron chi connectivity index (χ4n) is 1.92. The quantitative estimate of drug-likeness (QED) is 0.776. The van der Waals surface area contributed by atoms with Crippen LogP contribution in [0.1, 0.15) is 12.5 Å². The number of anilines is 1. The molecule has 0 aliphatic rings. The van der Waals surface area contributed by atoms with Crippen molar-refractivity contribution in [3.05, 3.63) is 48.3 Å². The first-order valence-corrected chi connectivity index (χ1v) is 7.33. The summed E-state index contributed by atoms with van der Waals surface area (Å²) in [7, 11) is 0. The van der Waals surface area contributed by atoms with Crippen molar-refractivity contribution in [2.45, 2.75) is 13.5 Å². The molecule has 0 fully saturated rings. The van der Waals surface area contributed by atoms with E-state index in [1.165, 1.54) is 5.56 Å². The van der Waals surface area contributed by atoms with E-state index in [9.17, 15) is 0 Å². The molecule has 20 heavy (non-hydrogen) atoms. The molecule has 0 amide bonds. The molecule has 2 heterocycles. The van der Waals surface area contributed by atoms with Crippen LogP contribution in [-0.2, 0) is 6.54 Å². The Kier molecular flexibility index (Phi) is 3.78. The van der Waals surface area contributed by atoms with Crippen molar-refractivity contribution in [3.8, 4) is 5.75 Å². The average Bonchev–Trinajstić information content (AvgIpc) is 2.89. The van der Waals surface area contributed by atoms with Crippen LogP contribution in [0, 0.1) is 0 Å². The number of pyridine rings is 1. The summed E-state index contributed by atoms with van der Waals surface area (Å²) in [5.74, 6) is 0.893. The summed E-state index contributed by atoms with van der Waals surface area (Å²) in [5, 5.41) is 4.26. The maximum absolute atomic E-state index is 5.50. The van der Waals surface area contributed by atoms with Crippen molar-refractivity contribution in [3.63, 3.8) is 0 Å². The van der Waals surface area contributed by atoms with Crippen LogP contribution in [-0.4, -0.2) is 16.6 Å². The fourth-order valence-corrected chi connectivity index (χ4v) is 2.81. The Morgan fingerprint density at radius 2 is 2.05 bits per heavy atom. The molecule has 3 aromatic rings. The molecule has 0 aliphatic carbocycles. The van der Waals surface area contributed by atoms with Gasteiger partial charge in [-0.3, -0.25) is 4.98 Å². The van der Waals surface area contributed by atoms with Gasteiger partial charge in [0, 0.05) is 18.9 Å². The minimum absolute atomic E-state index is 0.678. The highest BCUT2D eigenvalue weighted by atomic mass is 32.1. The Balaban J connectivity index is 1.75. The van der Waals surface area contributed by atoms with E-state index in [0.29, 0.717) is 6.61 Å². The maximum Gasteiger partial charge on any atom is 0.184 e. The third-order valence-corrected chi connectivity index (χ3v) is 3.84. The largest absolute Gasteiger partial charge is 0.494 e. The summed E-state index contributed by atoms with van der Waals surface area (Å²) in [6.07, 6.45) is 3.59. The number of benzene rings is 1. The highest BCUT2D eigenvalue weighted by Crippen LogP contribution is 2.29. The summed E-state index contributed by atoms with van der Waals surface area (Å²) >= 11 is 1.64. The number of nitrogens with zero attached hydrogens (tertiary/aromatic N) is 2. The zero-order valence-electron chi connectivity index (χ0n) is 11.2. The molecular weight excluding hydrogens is 270 g/mol. The van der Waals surface area contributed by atoms with Gasteiger partial charge in [0.15, 0.2) is 5.13 Å². The van der Waals surface area contributed by atoms with Crippen molar-refractivity contribution >= 4 is 26.7 Å². The van der Waals surface area contributed by atoms with E-state index in [4.69, 9.17) is 4.74 Å². The smallest absolute Gasteiger partial charge is 0.184 e.